The molecule has 3 aromatic carbocycles. The van der Waals surface area contributed by atoms with Gasteiger partial charge in [0.15, 0.2) is 5.82 Å². The van der Waals surface area contributed by atoms with Gasteiger partial charge in [0.1, 0.15) is 11.9 Å². The predicted octanol–water partition coefficient (Wildman–Crippen LogP) is 7.60. The van der Waals surface area contributed by atoms with Gasteiger partial charge in [0.25, 0.3) is 0 Å². The van der Waals surface area contributed by atoms with Crippen LogP contribution in [0.25, 0.3) is 17.5 Å². The summed E-state index contributed by atoms with van der Waals surface area (Å²) in [6, 6.07) is 22.2. The van der Waals surface area contributed by atoms with Gasteiger partial charge in [-0.3, -0.25) is 4.90 Å². The van der Waals surface area contributed by atoms with E-state index in [2.05, 4.69) is 35.7 Å². The van der Waals surface area contributed by atoms with Crippen LogP contribution in [0, 0.1) is 6.92 Å². The van der Waals surface area contributed by atoms with Crippen molar-refractivity contribution in [1.82, 2.24) is 9.88 Å². The number of hydrazone groups is 1. The molecule has 1 unspecified atom stereocenters. The van der Waals surface area contributed by atoms with E-state index in [1.165, 1.54) is 11.1 Å². The number of oxazole rings is 1. The van der Waals surface area contributed by atoms with E-state index in [1.54, 1.807) is 6.07 Å². The van der Waals surface area contributed by atoms with Crippen LogP contribution in [0.15, 0.2) is 82.8 Å². The van der Waals surface area contributed by atoms with Gasteiger partial charge in [0.05, 0.1) is 10.7 Å². The Morgan fingerprint density at radius 3 is 2.59 bits per heavy atom. The first-order valence-corrected chi connectivity index (χ1v) is 13.1. The average molecular weight is 529 g/mol. The molecule has 37 heavy (non-hydrogen) atoms. The summed E-state index contributed by atoms with van der Waals surface area (Å²) in [7, 11) is 0. The molecule has 0 saturated heterocycles. The fourth-order valence-electron chi connectivity index (χ4n) is 5.21. The normalized spacial score (nSPS) is 17.5. The Kier molecular flexibility index (Phi) is 6.37. The fraction of sp³-hybridized carbons (Fsp3) is 0.200. The van der Waals surface area contributed by atoms with E-state index in [9.17, 15) is 0 Å². The molecule has 0 N–H and O–H groups in total. The van der Waals surface area contributed by atoms with Crippen LogP contribution in [0.1, 0.15) is 34.4 Å². The third-order valence-corrected chi connectivity index (χ3v) is 7.66. The van der Waals surface area contributed by atoms with Crippen molar-refractivity contribution in [3.8, 4) is 11.5 Å². The Morgan fingerprint density at radius 2 is 1.78 bits per heavy atom. The molecule has 3 heterocycles. The summed E-state index contributed by atoms with van der Waals surface area (Å²) in [5, 5.41) is 8.28. The van der Waals surface area contributed by atoms with E-state index in [0.29, 0.717) is 33.9 Å². The molecule has 2 aliphatic heterocycles. The number of aromatic nitrogens is 1. The number of benzene rings is 3. The van der Waals surface area contributed by atoms with Crippen LogP contribution in [-0.2, 0) is 13.0 Å². The Labute approximate surface area is 226 Å². The third kappa shape index (κ3) is 4.48. The van der Waals surface area contributed by atoms with Crippen LogP contribution in [0.3, 0.4) is 0 Å². The van der Waals surface area contributed by atoms with Gasteiger partial charge < -0.3 is 4.42 Å². The molecule has 0 radical (unpaired) electrons. The molecule has 0 fully saturated rings. The topological polar surface area (TPSA) is 44.9 Å². The summed E-state index contributed by atoms with van der Waals surface area (Å²) in [5.41, 5.74) is 6.42. The standard InChI is InChI=1S/C30H26Cl2N4O/c1-3-20-8-6-7-11-24(20)30-33-29(19(2)37-30)36-28(35-15-14-21-9-4-5-10-22(21)18-35)17-27(34-36)25-13-12-23(31)16-26(25)32/h3-13,16,28H,1,14-15,17-18H2,2H3. The molecule has 0 saturated carbocycles. The van der Waals surface area contributed by atoms with E-state index < -0.39 is 0 Å². The van der Waals surface area contributed by atoms with E-state index in [-0.39, 0.29) is 6.17 Å². The maximum Gasteiger partial charge on any atom is 0.228 e. The van der Waals surface area contributed by atoms with E-state index in [0.717, 1.165) is 41.9 Å². The average Bonchev–Trinajstić information content (AvgIpc) is 3.52. The molecule has 0 bridgehead atoms. The highest BCUT2D eigenvalue weighted by molar-refractivity contribution is 6.37. The molecule has 6 rings (SSSR count). The molecule has 2 aliphatic rings. The van der Waals surface area contributed by atoms with Crippen LogP contribution in [0.5, 0.6) is 0 Å². The van der Waals surface area contributed by atoms with Crippen LogP contribution in [-0.4, -0.2) is 28.3 Å². The quantitative estimate of drug-likeness (QED) is 0.267. The number of anilines is 1. The number of aryl methyl sites for hydroxylation is 1. The largest absolute Gasteiger partial charge is 0.439 e. The minimum atomic E-state index is -0.0265. The zero-order chi connectivity index (χ0) is 25.5. The van der Waals surface area contributed by atoms with E-state index in [1.807, 2.05) is 54.4 Å². The zero-order valence-corrected chi connectivity index (χ0v) is 22.0. The minimum Gasteiger partial charge on any atom is -0.439 e. The highest BCUT2D eigenvalue weighted by atomic mass is 35.5. The molecule has 1 aromatic heterocycles. The van der Waals surface area contributed by atoms with Gasteiger partial charge in [0.2, 0.25) is 5.89 Å². The fourth-order valence-corrected chi connectivity index (χ4v) is 5.73. The molecule has 0 amide bonds. The van der Waals surface area contributed by atoms with E-state index in [4.69, 9.17) is 37.7 Å². The Balaban J connectivity index is 1.41. The summed E-state index contributed by atoms with van der Waals surface area (Å²) in [5.74, 6) is 1.97. The van der Waals surface area contributed by atoms with Crippen molar-refractivity contribution in [2.75, 3.05) is 11.6 Å². The van der Waals surface area contributed by atoms with Gasteiger partial charge in [-0.05, 0) is 48.2 Å². The summed E-state index contributed by atoms with van der Waals surface area (Å²) in [6.45, 7) is 7.65. The Hall–Kier alpha value is -3.38. The number of nitrogens with zero attached hydrogens (tertiary/aromatic N) is 4. The third-order valence-electron chi connectivity index (χ3n) is 7.11. The minimum absolute atomic E-state index is 0.0265. The Bertz CT molecular complexity index is 1530. The zero-order valence-electron chi connectivity index (χ0n) is 20.5. The first-order valence-electron chi connectivity index (χ1n) is 12.3. The van der Waals surface area contributed by atoms with Gasteiger partial charge in [-0.15, -0.1) is 0 Å². The second-order valence-electron chi connectivity index (χ2n) is 9.38. The summed E-state index contributed by atoms with van der Waals surface area (Å²) >= 11 is 12.8. The summed E-state index contributed by atoms with van der Waals surface area (Å²) in [4.78, 5) is 7.41. The van der Waals surface area contributed by atoms with Crippen molar-refractivity contribution in [3.63, 3.8) is 0 Å². The SMILES string of the molecule is C=Cc1ccccc1-c1nc(N2N=C(c3ccc(Cl)cc3Cl)CC2N2CCc3ccccc3C2)c(C)o1. The second kappa shape index (κ2) is 9.82. The monoisotopic (exact) mass is 528 g/mol. The maximum absolute atomic E-state index is 6.61. The van der Waals surface area contributed by atoms with Crippen molar-refractivity contribution >= 4 is 40.8 Å². The maximum atomic E-state index is 6.61. The molecular formula is C30H26Cl2N4O. The highest BCUT2D eigenvalue weighted by Gasteiger charge is 2.37. The van der Waals surface area contributed by atoms with Crippen molar-refractivity contribution in [3.05, 3.63) is 111 Å². The van der Waals surface area contributed by atoms with Gasteiger partial charge in [-0.25, -0.2) is 5.01 Å². The number of hydrogen-bond acceptors (Lipinski definition) is 5. The lowest BCUT2D eigenvalue weighted by Crippen LogP contribution is -2.46. The number of halogens is 2. The van der Waals surface area contributed by atoms with Crippen LogP contribution in [0.2, 0.25) is 10.0 Å². The lowest BCUT2D eigenvalue weighted by Gasteiger charge is -2.36. The molecule has 186 valence electrons. The molecule has 0 spiro atoms. The molecule has 0 aliphatic carbocycles. The van der Waals surface area contributed by atoms with E-state index >= 15 is 0 Å². The van der Waals surface area contributed by atoms with Crippen LogP contribution < -0.4 is 5.01 Å². The van der Waals surface area contributed by atoms with Gasteiger partial charge >= 0.3 is 0 Å². The smallest absolute Gasteiger partial charge is 0.228 e. The molecular weight excluding hydrogens is 503 g/mol. The van der Waals surface area contributed by atoms with Crippen molar-refractivity contribution < 1.29 is 4.42 Å². The molecule has 4 aromatic rings. The summed E-state index contributed by atoms with van der Waals surface area (Å²) in [6.07, 6.45) is 3.49. The first-order chi connectivity index (χ1) is 18.0. The summed E-state index contributed by atoms with van der Waals surface area (Å²) < 4.78 is 6.20. The highest BCUT2D eigenvalue weighted by Crippen LogP contribution is 2.37. The van der Waals surface area contributed by atoms with Crippen molar-refractivity contribution in [2.24, 2.45) is 5.10 Å². The molecule has 5 nitrogen and oxygen atoms in total. The molecule has 7 heteroatoms. The van der Waals surface area contributed by atoms with Crippen LogP contribution >= 0.6 is 23.2 Å². The van der Waals surface area contributed by atoms with Crippen LogP contribution in [0.4, 0.5) is 5.82 Å². The van der Waals surface area contributed by atoms with Gasteiger partial charge in [0, 0.05) is 35.7 Å². The van der Waals surface area contributed by atoms with Crippen molar-refractivity contribution in [1.29, 1.82) is 0 Å². The number of rotatable bonds is 5. The first kappa shape index (κ1) is 24.0. The van der Waals surface area contributed by atoms with Crippen molar-refractivity contribution in [2.45, 2.75) is 32.5 Å². The lowest BCUT2D eigenvalue weighted by molar-refractivity contribution is 0.183. The number of hydrogen-bond donors (Lipinski definition) is 0. The molecule has 1 atom stereocenters. The Morgan fingerprint density at radius 1 is 1.00 bits per heavy atom. The second-order valence-corrected chi connectivity index (χ2v) is 10.2. The van der Waals surface area contributed by atoms with Gasteiger partial charge in [-0.2, -0.15) is 10.1 Å². The van der Waals surface area contributed by atoms with Gasteiger partial charge in [-0.1, -0.05) is 84.4 Å². The predicted molar refractivity (Wildman–Crippen MR) is 151 cm³/mol. The number of fused-ring (bicyclic) bond motifs is 1. The lowest BCUT2D eigenvalue weighted by atomic mass is 9.98.